The first-order chi connectivity index (χ1) is 15.9. The van der Waals surface area contributed by atoms with Crippen LogP contribution in [0, 0.1) is 13.8 Å². The minimum absolute atomic E-state index is 0.437. The van der Waals surface area contributed by atoms with Crippen molar-refractivity contribution < 1.29 is 12.8 Å². The Morgan fingerprint density at radius 3 is 2.33 bits per heavy atom. The van der Waals surface area contributed by atoms with E-state index in [1.165, 1.54) is 23.1 Å². The standard InChI is InChI=1S/C26H31N3O3S/c1-19-7-9-22(10-8-19)26-27-25(20(2)32-26)18-28-13-15-29(16-14-28)33(30,31)24-12-11-21-5-3-4-6-23(21)17-24/h7-12,17H,3-6,13-16,18H2,1-2H3. The average Bonchev–Trinajstić information content (AvgIpc) is 3.19. The van der Waals surface area contributed by atoms with E-state index < -0.39 is 10.0 Å². The zero-order chi connectivity index (χ0) is 23.0. The molecule has 0 amide bonds. The molecule has 2 heterocycles. The number of fused-ring (bicyclic) bond motifs is 1. The summed E-state index contributed by atoms with van der Waals surface area (Å²) in [6, 6.07) is 13.9. The summed E-state index contributed by atoms with van der Waals surface area (Å²) in [7, 11) is -3.46. The zero-order valence-electron chi connectivity index (χ0n) is 19.4. The van der Waals surface area contributed by atoms with Crippen molar-refractivity contribution in [2.75, 3.05) is 26.2 Å². The van der Waals surface area contributed by atoms with Crippen molar-refractivity contribution in [3.63, 3.8) is 0 Å². The molecule has 1 fully saturated rings. The van der Waals surface area contributed by atoms with Gasteiger partial charge in [-0.15, -0.1) is 0 Å². The van der Waals surface area contributed by atoms with Crippen LogP contribution >= 0.6 is 0 Å². The van der Waals surface area contributed by atoms with Crippen LogP contribution in [0.1, 0.15) is 41.0 Å². The molecule has 0 radical (unpaired) electrons. The molecule has 0 unspecified atom stereocenters. The van der Waals surface area contributed by atoms with Crippen LogP contribution in [0.2, 0.25) is 0 Å². The largest absolute Gasteiger partial charge is 0.441 e. The van der Waals surface area contributed by atoms with Crippen LogP contribution < -0.4 is 0 Å². The van der Waals surface area contributed by atoms with Crippen LogP contribution in [0.3, 0.4) is 0 Å². The van der Waals surface area contributed by atoms with Gasteiger partial charge in [-0.3, -0.25) is 4.90 Å². The third-order valence-electron chi connectivity index (χ3n) is 6.85. The fourth-order valence-electron chi connectivity index (χ4n) is 4.75. The molecule has 0 atom stereocenters. The molecule has 2 aromatic carbocycles. The van der Waals surface area contributed by atoms with Crippen LogP contribution in [-0.4, -0.2) is 48.8 Å². The van der Waals surface area contributed by atoms with Gasteiger partial charge >= 0.3 is 0 Å². The third kappa shape index (κ3) is 4.63. The van der Waals surface area contributed by atoms with Crippen molar-refractivity contribution in [3.8, 4) is 11.5 Å². The number of piperazine rings is 1. The number of hydrogen-bond donors (Lipinski definition) is 0. The number of aryl methyl sites for hydroxylation is 4. The number of benzene rings is 2. The third-order valence-corrected chi connectivity index (χ3v) is 8.75. The second-order valence-electron chi connectivity index (χ2n) is 9.21. The van der Waals surface area contributed by atoms with E-state index in [0.717, 1.165) is 36.3 Å². The van der Waals surface area contributed by atoms with Gasteiger partial charge in [-0.25, -0.2) is 13.4 Å². The summed E-state index contributed by atoms with van der Waals surface area (Å²) in [4.78, 5) is 7.41. The maximum atomic E-state index is 13.3. The predicted octanol–water partition coefficient (Wildman–Crippen LogP) is 4.34. The summed E-state index contributed by atoms with van der Waals surface area (Å²) in [5, 5.41) is 0. The lowest BCUT2D eigenvalue weighted by atomic mass is 9.92. The molecule has 7 heteroatoms. The van der Waals surface area contributed by atoms with Crippen LogP contribution in [0.5, 0.6) is 0 Å². The number of nitrogens with zero attached hydrogens (tertiary/aromatic N) is 3. The summed E-state index contributed by atoms with van der Waals surface area (Å²) >= 11 is 0. The average molecular weight is 466 g/mol. The molecular formula is C26H31N3O3S. The molecule has 5 rings (SSSR count). The smallest absolute Gasteiger partial charge is 0.243 e. The molecule has 6 nitrogen and oxygen atoms in total. The molecule has 0 saturated carbocycles. The van der Waals surface area contributed by atoms with Gasteiger partial charge in [0.2, 0.25) is 15.9 Å². The Bertz CT molecular complexity index is 1240. The fraction of sp³-hybridized carbons (Fsp3) is 0.423. The van der Waals surface area contributed by atoms with Crippen LogP contribution in [0.25, 0.3) is 11.5 Å². The van der Waals surface area contributed by atoms with Crippen LogP contribution in [-0.2, 0) is 29.4 Å². The molecule has 0 bridgehead atoms. The lowest BCUT2D eigenvalue weighted by Gasteiger charge is -2.33. The topological polar surface area (TPSA) is 66.7 Å². The summed E-state index contributed by atoms with van der Waals surface area (Å²) in [6.45, 7) is 6.99. The summed E-state index contributed by atoms with van der Waals surface area (Å²) in [5.74, 6) is 1.45. The van der Waals surface area contributed by atoms with Crippen molar-refractivity contribution in [3.05, 3.63) is 70.6 Å². The van der Waals surface area contributed by atoms with Gasteiger partial charge < -0.3 is 4.42 Å². The van der Waals surface area contributed by atoms with E-state index in [9.17, 15) is 8.42 Å². The highest BCUT2D eigenvalue weighted by molar-refractivity contribution is 7.89. The molecule has 1 saturated heterocycles. The van der Waals surface area contributed by atoms with E-state index in [1.807, 2.05) is 31.2 Å². The first-order valence-electron chi connectivity index (χ1n) is 11.8. The summed E-state index contributed by atoms with van der Waals surface area (Å²) < 4.78 is 34.1. The highest BCUT2D eigenvalue weighted by Crippen LogP contribution is 2.27. The first-order valence-corrected chi connectivity index (χ1v) is 13.2. The minimum atomic E-state index is -3.46. The maximum Gasteiger partial charge on any atom is 0.243 e. The van der Waals surface area contributed by atoms with E-state index in [1.54, 1.807) is 10.4 Å². The molecule has 33 heavy (non-hydrogen) atoms. The Balaban J connectivity index is 1.24. The van der Waals surface area contributed by atoms with Crippen molar-refractivity contribution in [2.24, 2.45) is 0 Å². The zero-order valence-corrected chi connectivity index (χ0v) is 20.2. The molecule has 2 aliphatic rings. The molecule has 174 valence electrons. The fourth-order valence-corrected chi connectivity index (χ4v) is 6.23. The summed E-state index contributed by atoms with van der Waals surface area (Å²) in [5.41, 5.74) is 5.59. The van der Waals surface area contributed by atoms with Crippen molar-refractivity contribution in [2.45, 2.75) is 51.0 Å². The molecule has 0 spiro atoms. The monoisotopic (exact) mass is 465 g/mol. The van der Waals surface area contributed by atoms with Gasteiger partial charge in [-0.1, -0.05) is 23.8 Å². The SMILES string of the molecule is Cc1ccc(-c2nc(CN3CCN(S(=O)(=O)c4ccc5c(c4)CCCC5)CC3)c(C)o2)cc1. The normalized spacial score (nSPS) is 17.8. The van der Waals surface area contributed by atoms with Gasteiger partial charge in [0.25, 0.3) is 0 Å². The van der Waals surface area contributed by atoms with Gasteiger partial charge in [-0.2, -0.15) is 4.31 Å². The Hall–Kier alpha value is -2.48. The van der Waals surface area contributed by atoms with Gasteiger partial charge in [0.15, 0.2) is 0 Å². The van der Waals surface area contributed by atoms with E-state index in [2.05, 4.69) is 24.0 Å². The number of aromatic nitrogens is 1. The minimum Gasteiger partial charge on any atom is -0.441 e. The second-order valence-corrected chi connectivity index (χ2v) is 11.1. The van der Waals surface area contributed by atoms with Gasteiger partial charge in [0, 0.05) is 38.3 Å². The van der Waals surface area contributed by atoms with Crippen molar-refractivity contribution in [1.82, 2.24) is 14.2 Å². The van der Waals surface area contributed by atoms with E-state index in [0.29, 0.717) is 43.5 Å². The number of rotatable bonds is 5. The molecule has 1 aromatic heterocycles. The Kier molecular flexibility index (Phi) is 6.12. The number of sulfonamides is 1. The predicted molar refractivity (Wildman–Crippen MR) is 129 cm³/mol. The lowest BCUT2D eigenvalue weighted by Crippen LogP contribution is -2.48. The lowest BCUT2D eigenvalue weighted by molar-refractivity contribution is 0.179. The van der Waals surface area contributed by atoms with Crippen molar-refractivity contribution in [1.29, 1.82) is 0 Å². The van der Waals surface area contributed by atoms with Crippen LogP contribution in [0.15, 0.2) is 51.8 Å². The Morgan fingerprint density at radius 2 is 1.61 bits per heavy atom. The van der Waals surface area contributed by atoms with E-state index >= 15 is 0 Å². The first kappa shape index (κ1) is 22.3. The molecule has 3 aromatic rings. The van der Waals surface area contributed by atoms with Crippen LogP contribution in [0.4, 0.5) is 0 Å². The second kappa shape index (κ2) is 9.05. The van der Waals surface area contributed by atoms with Gasteiger partial charge in [0.1, 0.15) is 5.76 Å². The number of oxazole rings is 1. The molecule has 1 aliphatic carbocycles. The molecular weight excluding hydrogens is 434 g/mol. The quantitative estimate of drug-likeness (QED) is 0.561. The van der Waals surface area contributed by atoms with E-state index in [4.69, 9.17) is 9.40 Å². The highest BCUT2D eigenvalue weighted by atomic mass is 32.2. The maximum absolute atomic E-state index is 13.3. The van der Waals surface area contributed by atoms with Gasteiger partial charge in [-0.05, 0) is 74.9 Å². The highest BCUT2D eigenvalue weighted by Gasteiger charge is 2.30. The number of hydrogen-bond acceptors (Lipinski definition) is 5. The molecule has 0 N–H and O–H groups in total. The molecule has 1 aliphatic heterocycles. The van der Waals surface area contributed by atoms with E-state index in [-0.39, 0.29) is 0 Å². The summed E-state index contributed by atoms with van der Waals surface area (Å²) in [6.07, 6.45) is 4.37. The Labute approximate surface area is 196 Å². The van der Waals surface area contributed by atoms with Crippen molar-refractivity contribution >= 4 is 10.0 Å². The van der Waals surface area contributed by atoms with Gasteiger partial charge in [0.05, 0.1) is 10.6 Å². The Morgan fingerprint density at radius 1 is 0.909 bits per heavy atom.